The molecule has 0 bridgehead atoms. The lowest BCUT2D eigenvalue weighted by Crippen LogP contribution is -2.37. The zero-order valence-electron chi connectivity index (χ0n) is 22.6. The molecule has 2 aromatic carbocycles. The molecule has 1 saturated heterocycles. The number of carboxylic acid groups (broad SMARTS) is 1. The smallest absolute Gasteiger partial charge is 0.410 e. The first-order valence-electron chi connectivity index (χ1n) is 12.5. The normalized spacial score (nSPS) is 17.1. The van der Waals surface area contributed by atoms with Crippen molar-refractivity contribution in [2.75, 3.05) is 17.8 Å². The largest absolute Gasteiger partial charge is 0.478 e. The zero-order chi connectivity index (χ0) is 28.3. The summed E-state index contributed by atoms with van der Waals surface area (Å²) in [5.74, 6) is -0.419. The van der Waals surface area contributed by atoms with Gasteiger partial charge in [0.1, 0.15) is 11.7 Å². The highest BCUT2D eigenvalue weighted by atomic mass is 32.2. The SMILES string of the molecule is Cc1cccc(C)c1-c1cc(O[C@@H]2CN(C(=O)OC(C)(C)C)C[C@H]2N)nc(NSc2cccc(C(=O)O)c2)n1. The number of amides is 1. The first-order chi connectivity index (χ1) is 18.4. The van der Waals surface area contributed by atoms with Crippen molar-refractivity contribution in [2.45, 2.75) is 57.3 Å². The lowest BCUT2D eigenvalue weighted by molar-refractivity contribution is 0.0274. The maximum Gasteiger partial charge on any atom is 0.410 e. The van der Waals surface area contributed by atoms with Gasteiger partial charge in [-0.25, -0.2) is 14.6 Å². The third kappa shape index (κ3) is 7.18. The second kappa shape index (κ2) is 11.5. The number of aryl methyl sites for hydroxylation is 2. The molecule has 11 heteroatoms. The molecule has 1 fully saturated rings. The summed E-state index contributed by atoms with van der Waals surface area (Å²) in [7, 11) is 0. The lowest BCUT2D eigenvalue weighted by Gasteiger charge is -2.24. The van der Waals surface area contributed by atoms with Crippen molar-refractivity contribution in [1.29, 1.82) is 0 Å². The number of carboxylic acids is 1. The molecular weight excluding hydrogens is 518 g/mol. The van der Waals surface area contributed by atoms with Crippen LogP contribution in [0.4, 0.5) is 10.7 Å². The standard InChI is InChI=1S/C28H33N5O5S/c1-16-8-6-9-17(2)24(16)21-13-23(37-22-15-33(14-20(22)29)27(36)38-28(3,4)5)31-26(30-21)32-39-19-11-7-10-18(12-19)25(34)35/h6-13,20,22H,14-15,29H2,1-5H3,(H,34,35)(H,30,31,32)/t20-,22-/m1/s1. The number of rotatable bonds is 7. The Morgan fingerprint density at radius 1 is 1.08 bits per heavy atom. The van der Waals surface area contributed by atoms with Gasteiger partial charge in [0.05, 0.1) is 23.8 Å². The van der Waals surface area contributed by atoms with Crippen LogP contribution >= 0.6 is 11.9 Å². The van der Waals surface area contributed by atoms with Crippen molar-refractivity contribution < 1.29 is 24.2 Å². The Bertz CT molecular complexity index is 1360. The zero-order valence-corrected chi connectivity index (χ0v) is 23.4. The van der Waals surface area contributed by atoms with Gasteiger partial charge in [-0.3, -0.25) is 4.72 Å². The highest BCUT2D eigenvalue weighted by Gasteiger charge is 2.37. The molecule has 1 aliphatic rings. The molecule has 0 radical (unpaired) electrons. The molecule has 1 aliphatic heterocycles. The van der Waals surface area contributed by atoms with E-state index in [4.69, 9.17) is 20.2 Å². The van der Waals surface area contributed by atoms with Gasteiger partial charge in [-0.2, -0.15) is 4.98 Å². The molecule has 10 nitrogen and oxygen atoms in total. The number of nitrogens with zero attached hydrogens (tertiary/aromatic N) is 3. The van der Waals surface area contributed by atoms with E-state index in [9.17, 15) is 14.7 Å². The number of ether oxygens (including phenoxy) is 2. The number of likely N-dealkylation sites (tertiary alicyclic amines) is 1. The maximum absolute atomic E-state index is 12.6. The van der Waals surface area contributed by atoms with Gasteiger partial charge < -0.3 is 25.2 Å². The van der Waals surface area contributed by atoms with Crippen LogP contribution in [0.25, 0.3) is 11.3 Å². The van der Waals surface area contributed by atoms with Crippen molar-refractivity contribution >= 4 is 30.0 Å². The van der Waals surface area contributed by atoms with E-state index in [2.05, 4.69) is 9.71 Å². The Labute approximate surface area is 232 Å². The van der Waals surface area contributed by atoms with Crippen LogP contribution in [0.15, 0.2) is 53.4 Å². The summed E-state index contributed by atoms with van der Waals surface area (Å²) in [6.45, 7) is 10.0. The Morgan fingerprint density at radius 2 is 1.77 bits per heavy atom. The van der Waals surface area contributed by atoms with Gasteiger partial charge in [0.2, 0.25) is 11.8 Å². The van der Waals surface area contributed by atoms with Gasteiger partial charge in [0.15, 0.2) is 0 Å². The van der Waals surface area contributed by atoms with Crippen LogP contribution < -0.4 is 15.2 Å². The predicted molar refractivity (Wildman–Crippen MR) is 150 cm³/mol. The van der Waals surface area contributed by atoms with Crippen LogP contribution in [0, 0.1) is 13.8 Å². The van der Waals surface area contributed by atoms with Crippen LogP contribution in [-0.2, 0) is 4.74 Å². The number of anilines is 1. The number of benzene rings is 2. The minimum absolute atomic E-state index is 0.181. The summed E-state index contributed by atoms with van der Waals surface area (Å²) in [4.78, 5) is 35.4. The molecule has 0 saturated carbocycles. The molecule has 4 rings (SSSR count). The summed E-state index contributed by atoms with van der Waals surface area (Å²) in [6, 6.07) is 13.9. The number of carbonyl (C=O) groups is 2. The van der Waals surface area contributed by atoms with Crippen molar-refractivity contribution in [2.24, 2.45) is 5.73 Å². The molecular formula is C28H33N5O5S. The van der Waals surface area contributed by atoms with E-state index in [1.807, 2.05) is 52.8 Å². The van der Waals surface area contributed by atoms with E-state index in [-0.39, 0.29) is 18.1 Å². The first kappa shape index (κ1) is 28.2. The second-order valence-corrected chi connectivity index (χ2v) is 11.3. The second-order valence-electron chi connectivity index (χ2n) is 10.4. The first-order valence-corrected chi connectivity index (χ1v) is 13.3. The van der Waals surface area contributed by atoms with Gasteiger partial charge in [-0.05, 0) is 75.9 Å². The summed E-state index contributed by atoms with van der Waals surface area (Å²) in [6.07, 6.45) is -0.934. The molecule has 2 atom stereocenters. The minimum Gasteiger partial charge on any atom is -0.478 e. The Balaban J connectivity index is 1.60. The fraction of sp³-hybridized carbons (Fsp3) is 0.357. The van der Waals surface area contributed by atoms with Crippen LogP contribution in [0.2, 0.25) is 0 Å². The fourth-order valence-electron chi connectivity index (χ4n) is 4.23. The van der Waals surface area contributed by atoms with Crippen molar-refractivity contribution in [3.63, 3.8) is 0 Å². The predicted octanol–water partition coefficient (Wildman–Crippen LogP) is 4.90. The van der Waals surface area contributed by atoms with Gasteiger partial charge in [0, 0.05) is 23.1 Å². The van der Waals surface area contributed by atoms with Crippen molar-refractivity contribution in [3.05, 3.63) is 65.2 Å². The molecule has 0 spiro atoms. The number of hydrogen-bond acceptors (Lipinski definition) is 9. The van der Waals surface area contributed by atoms with Gasteiger partial charge in [-0.1, -0.05) is 24.3 Å². The minimum atomic E-state index is -1.00. The van der Waals surface area contributed by atoms with E-state index < -0.39 is 29.8 Å². The average molecular weight is 552 g/mol. The van der Waals surface area contributed by atoms with Crippen molar-refractivity contribution in [1.82, 2.24) is 14.9 Å². The number of carbonyl (C=O) groups excluding carboxylic acids is 1. The van der Waals surface area contributed by atoms with Gasteiger partial charge >= 0.3 is 12.1 Å². The maximum atomic E-state index is 12.6. The van der Waals surface area contributed by atoms with Crippen LogP contribution in [0.1, 0.15) is 42.3 Å². The molecule has 0 unspecified atom stereocenters. The average Bonchev–Trinajstić information content (AvgIpc) is 3.22. The molecule has 2 heterocycles. The fourth-order valence-corrected chi connectivity index (χ4v) is 4.86. The number of aromatic nitrogens is 2. The Morgan fingerprint density at radius 3 is 2.44 bits per heavy atom. The summed E-state index contributed by atoms with van der Waals surface area (Å²) >= 11 is 1.19. The monoisotopic (exact) mass is 551 g/mol. The lowest BCUT2D eigenvalue weighted by atomic mass is 10.00. The van der Waals surface area contributed by atoms with E-state index >= 15 is 0 Å². The highest BCUT2D eigenvalue weighted by molar-refractivity contribution is 8.00. The van der Waals surface area contributed by atoms with Crippen molar-refractivity contribution in [3.8, 4) is 17.1 Å². The molecule has 0 aliphatic carbocycles. The molecule has 3 aromatic rings. The third-order valence-electron chi connectivity index (χ3n) is 6.01. The molecule has 1 aromatic heterocycles. The number of nitrogens with two attached hydrogens (primary N) is 1. The van der Waals surface area contributed by atoms with Gasteiger partial charge in [-0.15, -0.1) is 0 Å². The van der Waals surface area contributed by atoms with E-state index in [0.717, 1.165) is 16.7 Å². The molecule has 1 amide bonds. The molecule has 4 N–H and O–H groups in total. The van der Waals surface area contributed by atoms with E-state index in [0.29, 0.717) is 23.0 Å². The molecule has 206 valence electrons. The van der Waals surface area contributed by atoms with E-state index in [1.165, 1.54) is 18.0 Å². The third-order valence-corrected chi connectivity index (χ3v) is 6.79. The highest BCUT2D eigenvalue weighted by Crippen LogP contribution is 2.31. The van der Waals surface area contributed by atoms with Crippen LogP contribution in [-0.4, -0.2) is 62.9 Å². The summed E-state index contributed by atoms with van der Waals surface area (Å²) in [5, 5.41) is 9.30. The number of hydrogen-bond donors (Lipinski definition) is 3. The quantitative estimate of drug-likeness (QED) is 0.347. The van der Waals surface area contributed by atoms with Crippen LogP contribution in [0.5, 0.6) is 5.88 Å². The number of aromatic carboxylic acids is 1. The number of nitrogens with one attached hydrogen (secondary N) is 1. The summed E-state index contributed by atoms with van der Waals surface area (Å²) < 4.78 is 14.8. The Kier molecular flexibility index (Phi) is 8.31. The van der Waals surface area contributed by atoms with E-state index in [1.54, 1.807) is 29.2 Å². The van der Waals surface area contributed by atoms with Crippen LogP contribution in [0.3, 0.4) is 0 Å². The Hall–Kier alpha value is -3.83. The topological polar surface area (TPSA) is 140 Å². The summed E-state index contributed by atoms with van der Waals surface area (Å²) in [5.41, 5.74) is 9.61. The molecule has 39 heavy (non-hydrogen) atoms. The van der Waals surface area contributed by atoms with Gasteiger partial charge in [0.25, 0.3) is 0 Å².